The first-order valence-electron chi connectivity index (χ1n) is 21.6. The first-order chi connectivity index (χ1) is 36.2. The highest BCUT2D eigenvalue weighted by molar-refractivity contribution is 9.48. The molecule has 476 valence electrons. The Morgan fingerprint density at radius 3 is 0.793 bits per heavy atom. The van der Waals surface area contributed by atoms with Crippen LogP contribution in [0.1, 0.15) is 62.5 Å². The fourth-order valence-corrected chi connectivity index (χ4v) is 49.4. The van der Waals surface area contributed by atoms with Gasteiger partial charge in [0.15, 0.2) is 0 Å². The van der Waals surface area contributed by atoms with Gasteiger partial charge in [0.2, 0.25) is 0 Å². The molecule has 0 bridgehead atoms. The number of hydrogen-bond donors (Lipinski definition) is 0. The number of alkyl halides is 34. The van der Waals surface area contributed by atoms with Crippen LogP contribution >= 0.6 is 30.9 Å². The van der Waals surface area contributed by atoms with Crippen LogP contribution < -0.4 is 20.1 Å². The number of ether oxygens (including phenoxy) is 2. The molecule has 1 fully saturated rings. The molecule has 0 saturated carbocycles. The van der Waals surface area contributed by atoms with Crippen LogP contribution in [0.2, 0.25) is 0 Å². The van der Waals surface area contributed by atoms with Gasteiger partial charge in [-0.15, -0.1) is 0 Å². The largest absolute Gasteiger partial charge is 0.496 e. The topological polar surface area (TPSA) is 18.5 Å². The Morgan fingerprint density at radius 1 is 0.329 bits per heavy atom. The monoisotopic (exact) mass is 1380 g/mol. The number of methoxy groups -OCH3 is 2. The summed E-state index contributed by atoms with van der Waals surface area (Å²) >= 11 is 13.8. The number of aryl methyl sites for hydroxylation is 2. The summed E-state index contributed by atoms with van der Waals surface area (Å²) in [6.45, 7) is 0. The molecule has 0 unspecified atom stereocenters. The molecule has 3 rings (SSSR count). The summed E-state index contributed by atoms with van der Waals surface area (Å²) < 4.78 is 469. The fourth-order valence-electron chi connectivity index (χ4n) is 7.12. The minimum atomic E-state index is -8.77. The lowest BCUT2D eigenvalue weighted by molar-refractivity contribution is -0.461. The molecule has 1 saturated heterocycles. The second-order valence-electron chi connectivity index (χ2n) is 17.6. The van der Waals surface area contributed by atoms with Crippen LogP contribution in [0.4, 0.5) is 149 Å². The lowest BCUT2D eigenvalue weighted by Crippen LogP contribution is -2.74. The molecule has 0 radical (unpaired) electrons. The third-order valence-corrected chi connectivity index (χ3v) is 43.2. The van der Waals surface area contributed by atoms with Crippen LogP contribution in [-0.4, -0.2) is 109 Å². The van der Waals surface area contributed by atoms with E-state index in [1.165, 1.54) is 36.4 Å². The third-order valence-electron chi connectivity index (χ3n) is 12.0. The minimum absolute atomic E-state index is 0.0228. The zero-order chi connectivity index (χ0) is 64.6. The smallest absolute Gasteiger partial charge is 0.460 e. The summed E-state index contributed by atoms with van der Waals surface area (Å²) in [7, 11) is 2.19. The van der Waals surface area contributed by atoms with E-state index >= 15 is 0 Å². The maximum atomic E-state index is 14.5. The SMILES string of the molecule is COc1ccc(P2(=S)SP(=S)(c3ccc(OC)c(CCCCCC(F)(F)C(F)(F)C(F)(F)C(F)(F)C(F)(F)C(F)(F)C(F)(F)C(F)(F)F)c3)S2)cc1CCCCCC(F)(F)C(F)(F)C(F)(F)C(F)(F)C(F)(F)C(F)(F)C(F)(F)C(F)(F)F. The minimum Gasteiger partial charge on any atom is -0.496 e. The lowest BCUT2D eigenvalue weighted by Gasteiger charge is -2.42. The molecule has 2 aromatic carbocycles. The van der Waals surface area contributed by atoms with Gasteiger partial charge in [0, 0.05) is 23.5 Å². The Hall–Kier alpha value is -2.34. The van der Waals surface area contributed by atoms with Gasteiger partial charge >= 0.3 is 95.3 Å². The molecule has 0 spiro atoms. The van der Waals surface area contributed by atoms with Crippen molar-refractivity contribution in [2.75, 3.05) is 14.2 Å². The van der Waals surface area contributed by atoms with E-state index in [9.17, 15) is 149 Å². The highest BCUT2D eigenvalue weighted by Gasteiger charge is 2.97. The molecular weight excluding hydrogens is 1350 g/mol. The molecule has 1 aliphatic heterocycles. The van der Waals surface area contributed by atoms with E-state index < -0.39 is 156 Å². The maximum Gasteiger partial charge on any atom is 0.460 e. The number of benzene rings is 2. The summed E-state index contributed by atoms with van der Waals surface area (Å²) in [6.07, 6.45) is -26.8. The second kappa shape index (κ2) is 23.0. The summed E-state index contributed by atoms with van der Waals surface area (Å²) in [4.78, 5) is 0. The van der Waals surface area contributed by atoms with Gasteiger partial charge in [0.25, 0.3) is 0 Å². The van der Waals surface area contributed by atoms with Gasteiger partial charge in [-0.25, -0.2) is 0 Å². The molecule has 0 atom stereocenters. The van der Waals surface area contributed by atoms with Gasteiger partial charge in [0.1, 0.15) is 11.5 Å². The zero-order valence-electron chi connectivity index (χ0n) is 39.7. The van der Waals surface area contributed by atoms with Crippen LogP contribution in [-0.2, 0) is 36.5 Å². The molecule has 1 aliphatic rings. The lowest BCUT2D eigenvalue weighted by atomic mass is 9.87. The number of unbranched alkanes of at least 4 members (excludes halogenated alkanes) is 4. The Morgan fingerprint density at radius 2 is 0.561 bits per heavy atom. The molecule has 42 heteroatoms. The predicted molar refractivity (Wildman–Crippen MR) is 235 cm³/mol. The average molecular weight is 1380 g/mol. The Balaban J connectivity index is 1.71. The third kappa shape index (κ3) is 11.9. The van der Waals surface area contributed by atoms with Crippen molar-refractivity contribution in [3.63, 3.8) is 0 Å². The average Bonchev–Trinajstić information content (AvgIpc) is 3.31. The predicted octanol–water partition coefficient (Wildman–Crippen LogP) is 19.0. The van der Waals surface area contributed by atoms with Crippen LogP contribution in [0.15, 0.2) is 36.4 Å². The molecule has 2 aromatic rings. The van der Waals surface area contributed by atoms with Crippen molar-refractivity contribution in [2.24, 2.45) is 0 Å². The van der Waals surface area contributed by atoms with Crippen molar-refractivity contribution >= 4 is 65.1 Å². The van der Waals surface area contributed by atoms with Gasteiger partial charge in [-0.05, 0) is 86.1 Å². The molecule has 82 heavy (non-hydrogen) atoms. The number of rotatable bonds is 28. The summed E-state index contributed by atoms with van der Waals surface area (Å²) in [5.74, 6) is -115. The highest BCUT2D eigenvalue weighted by Crippen LogP contribution is 3.04. The van der Waals surface area contributed by atoms with Gasteiger partial charge in [-0.3, -0.25) is 0 Å². The molecule has 0 aromatic heterocycles. The number of halogens is 34. The normalized spacial score (nSPS) is 19.6. The van der Waals surface area contributed by atoms with Crippen LogP contribution in [0, 0.1) is 0 Å². The fraction of sp³-hybridized carbons (Fsp3) is 0.700. The quantitative estimate of drug-likeness (QED) is 0.0477. The first kappa shape index (κ1) is 73.9. The Kier molecular flexibility index (Phi) is 20.7. The van der Waals surface area contributed by atoms with Crippen molar-refractivity contribution in [1.29, 1.82) is 0 Å². The van der Waals surface area contributed by atoms with E-state index in [-0.39, 0.29) is 35.5 Å². The van der Waals surface area contributed by atoms with Crippen LogP contribution in [0.25, 0.3) is 0 Å². The van der Waals surface area contributed by atoms with Crippen molar-refractivity contribution in [3.05, 3.63) is 47.5 Å². The Bertz CT molecular complexity index is 2500. The van der Waals surface area contributed by atoms with E-state index in [4.69, 9.17) is 33.1 Å². The van der Waals surface area contributed by atoms with Crippen molar-refractivity contribution in [1.82, 2.24) is 0 Å². The van der Waals surface area contributed by atoms with E-state index in [1.807, 2.05) is 0 Å². The van der Waals surface area contributed by atoms with Gasteiger partial charge in [0.05, 0.1) is 23.1 Å². The van der Waals surface area contributed by atoms with Crippen molar-refractivity contribution < 1.29 is 159 Å². The van der Waals surface area contributed by atoms with Crippen LogP contribution in [0.3, 0.4) is 0 Å². The van der Waals surface area contributed by atoms with E-state index in [2.05, 4.69) is 0 Å². The maximum absolute atomic E-state index is 14.5. The standard InChI is InChI=1S/C40H32F34O2P2S4/c1-75-23-13-11-21(17-19(23)9-5-3-7-15-25(41,42)27(45,46)29(49,50)31(53,54)33(57,58)35(61,62)37(65,66)39(69,70)71)77(79)81-78(80,82-77)22-12-14-24(76-2)20(18-22)10-6-4-8-16-26(43,44)28(47,48)30(51,52)32(55,56)34(59,60)36(63,64)38(67,68)40(72,73)74/h11-14,17-18H,3-10,15-16H2,1-2H3. The number of hydrogen-bond acceptors (Lipinski definition) is 6. The molecule has 0 aliphatic carbocycles. The van der Waals surface area contributed by atoms with Crippen molar-refractivity contribution in [3.8, 4) is 11.5 Å². The molecule has 2 nitrogen and oxygen atoms in total. The van der Waals surface area contributed by atoms with Gasteiger partial charge < -0.3 is 9.47 Å². The van der Waals surface area contributed by atoms with Crippen molar-refractivity contribution in [2.45, 2.75) is 159 Å². The second-order valence-corrected chi connectivity index (χ2v) is 38.9. The first-order valence-corrected chi connectivity index (χ1v) is 31.2. The van der Waals surface area contributed by atoms with E-state index in [0.29, 0.717) is 10.6 Å². The van der Waals surface area contributed by atoms with E-state index in [1.54, 1.807) is 0 Å². The summed E-state index contributed by atoms with van der Waals surface area (Å²) in [5.41, 5.74) is 0.317. The molecular formula is C40H32F34O2P2S4. The summed E-state index contributed by atoms with van der Waals surface area (Å²) in [6, 6.07) is 8.20. The van der Waals surface area contributed by atoms with Gasteiger partial charge in [-0.2, -0.15) is 149 Å². The Labute approximate surface area is 455 Å². The molecule has 0 N–H and O–H groups in total. The van der Waals surface area contributed by atoms with Gasteiger partial charge in [-0.1, -0.05) is 58.5 Å². The van der Waals surface area contributed by atoms with E-state index in [0.717, 1.165) is 36.2 Å². The van der Waals surface area contributed by atoms with Crippen LogP contribution in [0.5, 0.6) is 11.5 Å². The highest BCUT2D eigenvalue weighted by atomic mass is 33.7. The zero-order valence-corrected chi connectivity index (χ0v) is 44.8. The molecule has 1 heterocycles. The summed E-state index contributed by atoms with van der Waals surface area (Å²) in [5, 5.41) is 0.677. The molecule has 0 amide bonds.